The van der Waals surface area contributed by atoms with Gasteiger partial charge in [0.05, 0.1) is 18.6 Å². The molecule has 0 aromatic rings. The molecule has 3 heteroatoms. The van der Waals surface area contributed by atoms with Crippen molar-refractivity contribution in [3.63, 3.8) is 0 Å². The average molecular weight is 944 g/mol. The van der Waals surface area contributed by atoms with E-state index in [1.807, 2.05) is 6.92 Å². The van der Waals surface area contributed by atoms with Crippen molar-refractivity contribution in [3.05, 3.63) is 12.2 Å². The Labute approximate surface area is 423 Å². The van der Waals surface area contributed by atoms with Crippen LogP contribution in [-0.4, -0.2) is 23.8 Å². The molecule has 67 heavy (non-hydrogen) atoms. The fourth-order valence-corrected chi connectivity index (χ4v) is 10.5. The lowest BCUT2D eigenvalue weighted by molar-refractivity contribution is -0.152. The number of hydrogen-bond donors (Lipinski definition) is 1. The minimum atomic E-state index is -0.551. The smallest absolute Gasteiger partial charge is 0.311 e. The first-order valence-electron chi connectivity index (χ1n) is 31.7. The number of aliphatic hydroxyl groups is 1. The van der Waals surface area contributed by atoms with Gasteiger partial charge in [0.15, 0.2) is 0 Å². The van der Waals surface area contributed by atoms with E-state index in [1.54, 1.807) is 0 Å². The van der Waals surface area contributed by atoms with Crippen LogP contribution in [0, 0.1) is 5.92 Å². The predicted molar refractivity (Wildman–Crippen MR) is 301 cm³/mol. The third-order valence-corrected chi connectivity index (χ3v) is 15.2. The number of carbonyl (C=O) groups is 1. The van der Waals surface area contributed by atoms with Gasteiger partial charge in [-0.25, -0.2) is 0 Å². The number of esters is 1. The van der Waals surface area contributed by atoms with Gasteiger partial charge in [0.1, 0.15) is 0 Å². The van der Waals surface area contributed by atoms with Gasteiger partial charge in [0, 0.05) is 0 Å². The van der Waals surface area contributed by atoms with Crippen molar-refractivity contribution in [3.8, 4) is 0 Å². The number of allylic oxidation sites excluding steroid dienone is 2. The highest BCUT2D eigenvalue weighted by Gasteiger charge is 2.27. The first-order valence-corrected chi connectivity index (χ1v) is 31.7. The zero-order valence-corrected chi connectivity index (χ0v) is 46.7. The number of carbonyl (C=O) groups excluding carboxylic acids is 1. The Bertz CT molecular complexity index is 929. The highest BCUT2D eigenvalue weighted by Crippen LogP contribution is 2.23. The zero-order valence-electron chi connectivity index (χ0n) is 46.7. The Kier molecular flexibility index (Phi) is 58.7. The summed E-state index contributed by atoms with van der Waals surface area (Å²) in [5.41, 5.74) is 0. The van der Waals surface area contributed by atoms with E-state index in [2.05, 4.69) is 26.0 Å². The molecular weight excluding hydrogens is 817 g/mol. The van der Waals surface area contributed by atoms with E-state index in [0.29, 0.717) is 6.61 Å². The molecule has 0 fully saturated rings. The van der Waals surface area contributed by atoms with Gasteiger partial charge in [0.2, 0.25) is 0 Å². The second-order valence-electron chi connectivity index (χ2n) is 21.9. The Balaban J connectivity index is 3.51. The molecule has 0 unspecified atom stereocenters. The normalized spacial score (nSPS) is 12.7. The maximum absolute atomic E-state index is 12.7. The third-order valence-electron chi connectivity index (χ3n) is 15.2. The van der Waals surface area contributed by atoms with Crippen LogP contribution in [-0.2, 0) is 9.53 Å². The summed E-state index contributed by atoms with van der Waals surface area (Å²) in [6.07, 6.45) is 79.4. The molecule has 0 heterocycles. The fraction of sp³-hybridized carbons (Fsp3) is 0.953. The highest BCUT2D eigenvalue weighted by atomic mass is 16.5. The number of hydrogen-bond acceptors (Lipinski definition) is 3. The van der Waals surface area contributed by atoms with Crippen LogP contribution in [0.25, 0.3) is 0 Å². The lowest BCUT2D eigenvalue weighted by atomic mass is 9.91. The number of unbranched alkanes of at least 4 members (excludes halogenated alkanes) is 50. The van der Waals surface area contributed by atoms with E-state index in [9.17, 15) is 9.90 Å². The Hall–Kier alpha value is -0.830. The predicted octanol–water partition coefficient (Wildman–Crippen LogP) is 22.6. The molecule has 0 aliphatic heterocycles. The summed E-state index contributed by atoms with van der Waals surface area (Å²) in [5, 5.41) is 11.0. The number of ether oxygens (including phenoxy) is 1. The van der Waals surface area contributed by atoms with Gasteiger partial charge in [-0.3, -0.25) is 4.79 Å². The summed E-state index contributed by atoms with van der Waals surface area (Å²) in [5.74, 6) is -0.521. The molecule has 0 aliphatic carbocycles. The van der Waals surface area contributed by atoms with Crippen LogP contribution >= 0.6 is 0 Å². The third kappa shape index (κ3) is 54.4. The van der Waals surface area contributed by atoms with Crippen molar-refractivity contribution >= 4 is 5.97 Å². The minimum Gasteiger partial charge on any atom is -0.466 e. The number of aliphatic hydroxyl groups excluding tert-OH is 1. The van der Waals surface area contributed by atoms with Crippen molar-refractivity contribution in [1.29, 1.82) is 0 Å². The Morgan fingerprint density at radius 2 is 0.522 bits per heavy atom. The fourth-order valence-electron chi connectivity index (χ4n) is 10.5. The van der Waals surface area contributed by atoms with E-state index >= 15 is 0 Å². The highest BCUT2D eigenvalue weighted by molar-refractivity contribution is 5.73. The molecule has 0 radical (unpaired) electrons. The molecule has 0 spiro atoms. The monoisotopic (exact) mass is 943 g/mol. The molecule has 0 amide bonds. The maximum atomic E-state index is 12.7. The van der Waals surface area contributed by atoms with Gasteiger partial charge in [-0.1, -0.05) is 341 Å². The van der Waals surface area contributed by atoms with Crippen LogP contribution in [0.4, 0.5) is 0 Å². The van der Waals surface area contributed by atoms with Gasteiger partial charge < -0.3 is 9.84 Å². The summed E-state index contributed by atoms with van der Waals surface area (Å²) in [6, 6.07) is 0. The van der Waals surface area contributed by atoms with Gasteiger partial charge in [-0.2, -0.15) is 0 Å². The van der Waals surface area contributed by atoms with Crippen LogP contribution < -0.4 is 0 Å². The molecule has 0 aromatic heterocycles. The van der Waals surface area contributed by atoms with Gasteiger partial charge >= 0.3 is 5.97 Å². The van der Waals surface area contributed by atoms with E-state index < -0.39 is 6.10 Å². The standard InChI is InChI=1S/C64H126O3/c1-4-7-9-11-13-15-17-19-21-23-25-27-28-29-30-31-32-33-34-35-36-37-38-39-40-41-43-45-47-49-51-53-55-57-59-61-63(65)62(64(66)67-6-3)60-58-56-54-52-50-48-46-44-42-26-24-22-20-18-16-14-12-10-8-5-2/h33-34,62-63,65H,4-32,35-61H2,1-3H3/b34-33+/t62-,63-/m1/s1. The largest absolute Gasteiger partial charge is 0.466 e. The van der Waals surface area contributed by atoms with E-state index in [1.165, 1.54) is 327 Å². The summed E-state index contributed by atoms with van der Waals surface area (Å²) in [6.45, 7) is 6.88. The van der Waals surface area contributed by atoms with Crippen LogP contribution in [0.5, 0.6) is 0 Å². The van der Waals surface area contributed by atoms with Crippen molar-refractivity contribution in [2.75, 3.05) is 6.61 Å². The minimum absolute atomic E-state index is 0.179. The van der Waals surface area contributed by atoms with E-state index in [0.717, 1.165) is 25.7 Å². The average Bonchev–Trinajstić information content (AvgIpc) is 3.33. The first-order chi connectivity index (χ1) is 33.2. The van der Waals surface area contributed by atoms with Crippen molar-refractivity contribution in [2.45, 2.75) is 380 Å². The lowest BCUT2D eigenvalue weighted by Gasteiger charge is -2.21. The number of rotatable bonds is 59. The molecule has 3 nitrogen and oxygen atoms in total. The van der Waals surface area contributed by atoms with Crippen molar-refractivity contribution in [1.82, 2.24) is 0 Å². The SMILES string of the molecule is CCCCCCCCCCCCCCCCCC/C=C/CCCCCCCCCCCCCCCCC[C@@H](O)[C@@H](CCCCCCCCCCCCCCCCCCCCCC)C(=O)OCC. The van der Waals surface area contributed by atoms with Crippen molar-refractivity contribution < 1.29 is 14.6 Å². The molecule has 400 valence electrons. The van der Waals surface area contributed by atoms with Crippen LogP contribution in [0.15, 0.2) is 12.2 Å². The molecule has 2 atom stereocenters. The molecule has 0 saturated heterocycles. The van der Waals surface area contributed by atoms with E-state index in [-0.39, 0.29) is 11.9 Å². The lowest BCUT2D eigenvalue weighted by Crippen LogP contribution is -2.30. The molecule has 0 saturated carbocycles. The quantitative estimate of drug-likeness (QED) is 0.0375. The summed E-state index contributed by atoms with van der Waals surface area (Å²) < 4.78 is 5.39. The molecule has 0 bridgehead atoms. The van der Waals surface area contributed by atoms with Gasteiger partial charge in [-0.05, 0) is 45.4 Å². The second kappa shape index (κ2) is 59.5. The summed E-state index contributed by atoms with van der Waals surface area (Å²) in [4.78, 5) is 12.7. The summed E-state index contributed by atoms with van der Waals surface area (Å²) >= 11 is 0. The molecule has 1 N–H and O–H groups in total. The Morgan fingerprint density at radius 3 is 0.761 bits per heavy atom. The van der Waals surface area contributed by atoms with Crippen LogP contribution in [0.1, 0.15) is 374 Å². The van der Waals surface area contributed by atoms with Crippen LogP contribution in [0.3, 0.4) is 0 Å². The van der Waals surface area contributed by atoms with Crippen molar-refractivity contribution in [2.24, 2.45) is 5.92 Å². The van der Waals surface area contributed by atoms with Crippen LogP contribution in [0.2, 0.25) is 0 Å². The molecular formula is C64H126O3. The Morgan fingerprint density at radius 1 is 0.313 bits per heavy atom. The van der Waals surface area contributed by atoms with Gasteiger partial charge in [0.25, 0.3) is 0 Å². The molecule has 0 aromatic carbocycles. The zero-order chi connectivity index (χ0) is 48.5. The molecule has 0 aliphatic rings. The maximum Gasteiger partial charge on any atom is 0.311 e. The first kappa shape index (κ1) is 66.2. The topological polar surface area (TPSA) is 46.5 Å². The van der Waals surface area contributed by atoms with Gasteiger partial charge in [-0.15, -0.1) is 0 Å². The summed E-state index contributed by atoms with van der Waals surface area (Å²) in [7, 11) is 0. The second-order valence-corrected chi connectivity index (χ2v) is 21.9. The van der Waals surface area contributed by atoms with E-state index in [4.69, 9.17) is 4.74 Å². The molecule has 0 rings (SSSR count).